The van der Waals surface area contributed by atoms with Crippen molar-refractivity contribution in [3.8, 4) is 11.5 Å². The van der Waals surface area contributed by atoms with Crippen LogP contribution in [0.1, 0.15) is 12.5 Å². The normalized spacial score (nSPS) is 11.5. The average molecular weight is 267 g/mol. The van der Waals surface area contributed by atoms with Crippen LogP contribution in [0.25, 0.3) is 0 Å². The van der Waals surface area contributed by atoms with E-state index in [1.807, 2.05) is 0 Å². The Hall–Kier alpha value is -2.24. The summed E-state index contributed by atoms with van der Waals surface area (Å²) in [6.07, 6.45) is 0. The first-order valence-electron chi connectivity index (χ1n) is 5.71. The zero-order valence-corrected chi connectivity index (χ0v) is 11.1. The summed E-state index contributed by atoms with van der Waals surface area (Å²) < 4.78 is 10.2. The molecule has 1 amide bonds. The van der Waals surface area contributed by atoms with Gasteiger partial charge in [-0.3, -0.25) is 9.59 Å². The molecule has 0 heterocycles. The predicted octanol–water partition coefficient (Wildman–Crippen LogP) is 1.04. The van der Waals surface area contributed by atoms with Crippen molar-refractivity contribution in [1.29, 1.82) is 0 Å². The van der Waals surface area contributed by atoms with Crippen LogP contribution in [0.15, 0.2) is 18.2 Å². The maximum absolute atomic E-state index is 11.5. The minimum Gasteiger partial charge on any atom is -0.497 e. The van der Waals surface area contributed by atoms with E-state index in [4.69, 9.17) is 14.6 Å². The predicted molar refractivity (Wildman–Crippen MR) is 68.2 cm³/mol. The monoisotopic (exact) mass is 267 g/mol. The van der Waals surface area contributed by atoms with E-state index in [0.29, 0.717) is 11.5 Å². The van der Waals surface area contributed by atoms with Gasteiger partial charge in [-0.15, -0.1) is 0 Å². The minimum absolute atomic E-state index is 0.198. The second-order valence-corrected chi connectivity index (χ2v) is 3.96. The zero-order chi connectivity index (χ0) is 14.4. The van der Waals surface area contributed by atoms with Crippen LogP contribution in [0.5, 0.6) is 11.5 Å². The molecule has 0 fully saturated rings. The summed E-state index contributed by atoms with van der Waals surface area (Å²) in [5.74, 6) is -1.55. The number of hydrogen-bond donors (Lipinski definition) is 2. The highest BCUT2D eigenvalue weighted by Gasteiger charge is 2.20. The Morgan fingerprint density at radius 1 is 1.32 bits per heavy atom. The molecule has 0 aliphatic rings. The third-order valence-electron chi connectivity index (χ3n) is 2.71. The number of ether oxygens (including phenoxy) is 2. The fourth-order valence-electron chi connectivity index (χ4n) is 1.45. The van der Waals surface area contributed by atoms with E-state index in [9.17, 15) is 9.59 Å². The van der Waals surface area contributed by atoms with Gasteiger partial charge in [0.1, 0.15) is 17.4 Å². The van der Waals surface area contributed by atoms with E-state index < -0.39 is 17.8 Å². The van der Waals surface area contributed by atoms with Crippen LogP contribution in [0.3, 0.4) is 0 Å². The molecule has 0 bridgehead atoms. The van der Waals surface area contributed by atoms with Gasteiger partial charge in [-0.1, -0.05) is 0 Å². The number of methoxy groups -OCH3 is 2. The summed E-state index contributed by atoms with van der Waals surface area (Å²) in [5, 5.41) is 11.3. The molecule has 1 atom stereocenters. The molecule has 19 heavy (non-hydrogen) atoms. The van der Waals surface area contributed by atoms with Crippen molar-refractivity contribution < 1.29 is 24.2 Å². The van der Waals surface area contributed by atoms with Gasteiger partial charge in [0.15, 0.2) is 0 Å². The Balaban J connectivity index is 2.72. The van der Waals surface area contributed by atoms with Gasteiger partial charge in [0.2, 0.25) is 5.91 Å². The third-order valence-corrected chi connectivity index (χ3v) is 2.71. The van der Waals surface area contributed by atoms with Crippen molar-refractivity contribution in [2.45, 2.75) is 13.5 Å². The number of carboxylic acid groups (broad SMARTS) is 1. The fraction of sp³-hybridized carbons (Fsp3) is 0.385. The molecule has 2 N–H and O–H groups in total. The van der Waals surface area contributed by atoms with Gasteiger partial charge in [0.05, 0.1) is 14.2 Å². The number of benzene rings is 1. The Labute approximate surface area is 111 Å². The molecule has 1 aromatic rings. The Morgan fingerprint density at radius 2 is 2.00 bits per heavy atom. The second-order valence-electron chi connectivity index (χ2n) is 3.96. The first-order valence-corrected chi connectivity index (χ1v) is 5.71. The Kier molecular flexibility index (Phi) is 5.17. The van der Waals surface area contributed by atoms with E-state index in [-0.39, 0.29) is 6.54 Å². The van der Waals surface area contributed by atoms with Gasteiger partial charge >= 0.3 is 5.97 Å². The molecule has 0 spiro atoms. The topological polar surface area (TPSA) is 84.9 Å². The lowest BCUT2D eigenvalue weighted by atomic mass is 10.1. The SMILES string of the molecule is COc1ccc(CNC(=O)C(C)C(=O)O)c(OC)c1. The molecule has 6 nitrogen and oxygen atoms in total. The number of rotatable bonds is 6. The summed E-state index contributed by atoms with van der Waals surface area (Å²) in [7, 11) is 3.06. The van der Waals surface area contributed by atoms with Crippen LogP contribution in [-0.4, -0.2) is 31.2 Å². The molecule has 0 radical (unpaired) electrons. The number of nitrogens with one attached hydrogen (secondary N) is 1. The molecule has 0 saturated carbocycles. The van der Waals surface area contributed by atoms with Crippen LogP contribution >= 0.6 is 0 Å². The van der Waals surface area contributed by atoms with Gasteiger partial charge < -0.3 is 19.9 Å². The molecule has 0 aromatic heterocycles. The molecule has 1 aromatic carbocycles. The summed E-state index contributed by atoms with van der Waals surface area (Å²) >= 11 is 0. The van der Waals surface area contributed by atoms with E-state index in [2.05, 4.69) is 5.32 Å². The van der Waals surface area contributed by atoms with Crippen molar-refractivity contribution in [1.82, 2.24) is 5.32 Å². The molecule has 1 unspecified atom stereocenters. The highest BCUT2D eigenvalue weighted by atomic mass is 16.5. The number of aliphatic carboxylic acids is 1. The maximum Gasteiger partial charge on any atom is 0.315 e. The van der Waals surface area contributed by atoms with Gasteiger partial charge in [-0.05, 0) is 19.1 Å². The van der Waals surface area contributed by atoms with E-state index in [1.165, 1.54) is 14.0 Å². The average Bonchev–Trinajstić information content (AvgIpc) is 2.43. The molecular weight excluding hydrogens is 250 g/mol. The number of amides is 1. The fourth-order valence-corrected chi connectivity index (χ4v) is 1.45. The molecule has 0 saturated heterocycles. The van der Waals surface area contributed by atoms with Crippen molar-refractivity contribution in [2.24, 2.45) is 5.92 Å². The maximum atomic E-state index is 11.5. The van der Waals surface area contributed by atoms with E-state index in [0.717, 1.165) is 5.56 Å². The first kappa shape index (κ1) is 14.8. The van der Waals surface area contributed by atoms with Crippen LogP contribution in [-0.2, 0) is 16.1 Å². The second kappa shape index (κ2) is 6.63. The summed E-state index contributed by atoms with van der Waals surface area (Å²) in [6, 6.07) is 5.19. The van der Waals surface area contributed by atoms with Crippen molar-refractivity contribution in [2.75, 3.05) is 14.2 Å². The lowest BCUT2D eigenvalue weighted by Crippen LogP contribution is -2.33. The van der Waals surface area contributed by atoms with Crippen molar-refractivity contribution in [3.63, 3.8) is 0 Å². The minimum atomic E-state index is -1.15. The molecule has 0 aliphatic carbocycles. The first-order chi connectivity index (χ1) is 8.99. The zero-order valence-electron chi connectivity index (χ0n) is 11.1. The molecular formula is C13H17NO5. The van der Waals surface area contributed by atoms with Crippen molar-refractivity contribution in [3.05, 3.63) is 23.8 Å². The van der Waals surface area contributed by atoms with E-state index >= 15 is 0 Å². The standard InChI is InChI=1S/C13H17NO5/c1-8(13(16)17)12(15)14-7-9-4-5-10(18-2)6-11(9)19-3/h4-6,8H,7H2,1-3H3,(H,14,15)(H,16,17). The smallest absolute Gasteiger partial charge is 0.315 e. The molecule has 0 aliphatic heterocycles. The van der Waals surface area contributed by atoms with Crippen LogP contribution in [0, 0.1) is 5.92 Å². The molecule has 1 rings (SSSR count). The Bertz CT molecular complexity index is 472. The van der Waals surface area contributed by atoms with Crippen LogP contribution in [0.4, 0.5) is 0 Å². The number of carbonyl (C=O) groups is 2. The molecule has 104 valence electrons. The number of carbonyl (C=O) groups excluding carboxylic acids is 1. The van der Waals surface area contributed by atoms with Gasteiger partial charge in [0.25, 0.3) is 0 Å². The summed E-state index contributed by atoms with van der Waals surface area (Å²) in [4.78, 5) is 22.2. The van der Waals surface area contributed by atoms with Crippen molar-refractivity contribution >= 4 is 11.9 Å². The lowest BCUT2D eigenvalue weighted by Gasteiger charge is -2.12. The van der Waals surface area contributed by atoms with Crippen LogP contribution in [0.2, 0.25) is 0 Å². The summed E-state index contributed by atoms with van der Waals surface area (Å²) in [6.45, 7) is 1.53. The summed E-state index contributed by atoms with van der Waals surface area (Å²) in [5.41, 5.74) is 0.745. The highest BCUT2D eigenvalue weighted by Crippen LogP contribution is 2.24. The highest BCUT2D eigenvalue weighted by molar-refractivity contribution is 5.96. The number of hydrogen-bond acceptors (Lipinski definition) is 4. The number of carboxylic acids is 1. The quantitative estimate of drug-likeness (QED) is 0.752. The van der Waals surface area contributed by atoms with Gasteiger partial charge in [0, 0.05) is 18.2 Å². The Morgan fingerprint density at radius 3 is 2.53 bits per heavy atom. The van der Waals surface area contributed by atoms with Crippen LogP contribution < -0.4 is 14.8 Å². The van der Waals surface area contributed by atoms with Gasteiger partial charge in [-0.2, -0.15) is 0 Å². The van der Waals surface area contributed by atoms with E-state index in [1.54, 1.807) is 25.3 Å². The largest absolute Gasteiger partial charge is 0.497 e. The van der Waals surface area contributed by atoms with Gasteiger partial charge in [-0.25, -0.2) is 0 Å². The lowest BCUT2D eigenvalue weighted by molar-refractivity contribution is -0.146. The third kappa shape index (κ3) is 3.87. The molecule has 6 heteroatoms.